The van der Waals surface area contributed by atoms with Crippen LogP contribution in [0.4, 0.5) is 0 Å². The van der Waals surface area contributed by atoms with Crippen LogP contribution in [0, 0.1) is 29.6 Å². The maximum absolute atomic E-state index is 12.0. The Morgan fingerprint density at radius 3 is 2.13 bits per heavy atom. The second kappa shape index (κ2) is 10.6. The summed E-state index contributed by atoms with van der Waals surface area (Å²) in [5.74, 6) is -1.01. The van der Waals surface area contributed by atoms with Crippen LogP contribution >= 0.6 is 0 Å². The van der Waals surface area contributed by atoms with E-state index in [-0.39, 0.29) is 12.5 Å². The van der Waals surface area contributed by atoms with Gasteiger partial charge in [0.15, 0.2) is 12.4 Å². The first kappa shape index (κ1) is 24.6. The number of hydrogen-bond acceptors (Lipinski definition) is 8. The lowest BCUT2D eigenvalue weighted by atomic mass is 9.63. The number of aliphatic hydroxyl groups excluding tert-OH is 1. The van der Waals surface area contributed by atoms with E-state index >= 15 is 0 Å². The summed E-state index contributed by atoms with van der Waals surface area (Å²) in [4.78, 5) is 35.1. The third kappa shape index (κ3) is 6.17. The average molecular weight is 429 g/mol. The largest absolute Gasteiger partial charge is 0.463 e. The quantitative estimate of drug-likeness (QED) is 0.508. The lowest BCUT2D eigenvalue weighted by molar-refractivity contribution is -0.292. The minimum atomic E-state index is -1.24. The van der Waals surface area contributed by atoms with Gasteiger partial charge < -0.3 is 24.1 Å². The summed E-state index contributed by atoms with van der Waals surface area (Å²) in [5, 5.41) is 11.0. The van der Waals surface area contributed by atoms with Gasteiger partial charge in [-0.3, -0.25) is 14.4 Å². The lowest BCUT2D eigenvalue weighted by Crippen LogP contribution is -2.61. The molecule has 0 aromatic carbocycles. The Labute approximate surface area is 178 Å². The Morgan fingerprint density at radius 1 is 1.00 bits per heavy atom. The molecule has 172 valence electrons. The second-order valence-corrected chi connectivity index (χ2v) is 9.08. The molecular formula is C22H36O8. The molecule has 0 spiro atoms. The molecule has 2 rings (SSSR count). The van der Waals surface area contributed by atoms with Crippen LogP contribution in [0.2, 0.25) is 0 Å². The van der Waals surface area contributed by atoms with Crippen LogP contribution in [-0.2, 0) is 33.3 Å². The minimum Gasteiger partial charge on any atom is -0.463 e. The number of carbonyl (C=O) groups is 3. The Morgan fingerprint density at radius 2 is 1.60 bits per heavy atom. The molecule has 0 radical (unpaired) electrons. The van der Waals surface area contributed by atoms with Gasteiger partial charge in [-0.1, -0.05) is 27.2 Å². The molecule has 1 N–H and O–H groups in total. The van der Waals surface area contributed by atoms with Crippen LogP contribution in [0.25, 0.3) is 0 Å². The monoisotopic (exact) mass is 428 g/mol. The second-order valence-electron chi connectivity index (χ2n) is 9.08. The zero-order valence-corrected chi connectivity index (χ0v) is 18.8. The van der Waals surface area contributed by atoms with Crippen molar-refractivity contribution in [1.29, 1.82) is 0 Å². The van der Waals surface area contributed by atoms with Gasteiger partial charge in [-0.05, 0) is 36.5 Å². The number of aliphatic hydroxyl groups is 1. The molecule has 0 amide bonds. The van der Waals surface area contributed by atoms with Crippen molar-refractivity contribution in [1.82, 2.24) is 0 Å². The Hall–Kier alpha value is -1.67. The van der Waals surface area contributed by atoms with E-state index in [9.17, 15) is 19.5 Å². The first-order valence-electron chi connectivity index (χ1n) is 10.8. The molecule has 2 fully saturated rings. The van der Waals surface area contributed by atoms with Crippen molar-refractivity contribution in [2.45, 2.75) is 85.4 Å². The number of esters is 3. The van der Waals surface area contributed by atoms with Crippen LogP contribution in [0.1, 0.15) is 60.8 Å². The van der Waals surface area contributed by atoms with Crippen molar-refractivity contribution in [2.24, 2.45) is 29.6 Å². The summed E-state index contributed by atoms with van der Waals surface area (Å²) in [6, 6.07) is 0. The fourth-order valence-electron chi connectivity index (χ4n) is 5.12. The predicted molar refractivity (Wildman–Crippen MR) is 107 cm³/mol. The molecule has 0 aromatic heterocycles. The van der Waals surface area contributed by atoms with Crippen molar-refractivity contribution in [3.8, 4) is 0 Å². The van der Waals surface area contributed by atoms with Crippen molar-refractivity contribution in [2.75, 3.05) is 6.61 Å². The molecule has 1 heterocycles. The molecule has 0 bridgehead atoms. The van der Waals surface area contributed by atoms with Crippen LogP contribution in [0.5, 0.6) is 0 Å². The minimum absolute atomic E-state index is 0.0285. The molecule has 8 nitrogen and oxygen atoms in total. The number of carbonyl (C=O) groups excluding carboxylic acids is 3. The summed E-state index contributed by atoms with van der Waals surface area (Å²) in [6.45, 7) is 10.1. The molecule has 3 unspecified atom stereocenters. The number of hydrogen-bond donors (Lipinski definition) is 1. The predicted octanol–water partition coefficient (Wildman–Crippen LogP) is 2.45. The van der Waals surface area contributed by atoms with Crippen molar-refractivity contribution < 1.29 is 38.4 Å². The van der Waals surface area contributed by atoms with E-state index in [1.54, 1.807) is 0 Å². The van der Waals surface area contributed by atoms with Gasteiger partial charge in [0.05, 0.1) is 5.92 Å². The van der Waals surface area contributed by atoms with Crippen molar-refractivity contribution in [3.63, 3.8) is 0 Å². The summed E-state index contributed by atoms with van der Waals surface area (Å²) in [6.07, 6.45) is -1.09. The fourth-order valence-corrected chi connectivity index (χ4v) is 5.12. The van der Waals surface area contributed by atoms with E-state index in [1.165, 1.54) is 20.8 Å². The topological polar surface area (TPSA) is 108 Å². The third-order valence-corrected chi connectivity index (χ3v) is 6.34. The average Bonchev–Trinajstić information content (AvgIpc) is 2.61. The van der Waals surface area contributed by atoms with Crippen molar-refractivity contribution >= 4 is 17.9 Å². The highest BCUT2D eigenvalue weighted by atomic mass is 16.7. The highest BCUT2D eigenvalue weighted by Gasteiger charge is 2.54. The van der Waals surface area contributed by atoms with E-state index in [1.807, 2.05) is 0 Å². The molecular weight excluding hydrogens is 392 g/mol. The standard InChI is InChI=1S/C22H36O8/c1-11(2)16-8-7-12(3)9-17(16)19-21(29-15(6)25)20(28-14(5)24)18(30-22(19)26)10-27-13(4)23/h11-12,16-22,26H,7-10H2,1-6H3/t12?,16?,17?,18-,19-,20-,21-,22+/m1/s1. The first-order chi connectivity index (χ1) is 14.0. The first-order valence-corrected chi connectivity index (χ1v) is 10.8. The summed E-state index contributed by atoms with van der Waals surface area (Å²) >= 11 is 0. The Kier molecular flexibility index (Phi) is 8.67. The van der Waals surface area contributed by atoms with E-state index in [0.29, 0.717) is 17.8 Å². The van der Waals surface area contributed by atoms with Gasteiger partial charge in [-0.2, -0.15) is 0 Å². The van der Waals surface area contributed by atoms with Crippen molar-refractivity contribution in [3.05, 3.63) is 0 Å². The highest BCUT2D eigenvalue weighted by Crippen LogP contribution is 2.47. The Balaban J connectivity index is 2.42. The molecule has 0 aromatic rings. The molecule has 1 aliphatic carbocycles. The zero-order chi connectivity index (χ0) is 22.6. The van der Waals surface area contributed by atoms with E-state index in [0.717, 1.165) is 19.3 Å². The smallest absolute Gasteiger partial charge is 0.303 e. The van der Waals surface area contributed by atoms with Crippen LogP contribution in [0.3, 0.4) is 0 Å². The third-order valence-electron chi connectivity index (χ3n) is 6.34. The molecule has 1 aliphatic heterocycles. The lowest BCUT2D eigenvalue weighted by Gasteiger charge is -2.50. The van der Waals surface area contributed by atoms with Gasteiger partial charge in [0.2, 0.25) is 0 Å². The van der Waals surface area contributed by atoms with E-state index in [4.69, 9.17) is 18.9 Å². The molecule has 8 heteroatoms. The normalized spacial score (nSPS) is 36.8. The van der Waals surface area contributed by atoms with Crippen LogP contribution < -0.4 is 0 Å². The molecule has 30 heavy (non-hydrogen) atoms. The van der Waals surface area contributed by atoms with Crippen LogP contribution in [-0.4, -0.2) is 54.2 Å². The van der Waals surface area contributed by atoms with E-state index < -0.39 is 48.4 Å². The maximum atomic E-state index is 12.0. The summed E-state index contributed by atoms with van der Waals surface area (Å²) in [7, 11) is 0. The van der Waals surface area contributed by atoms with E-state index in [2.05, 4.69) is 20.8 Å². The fraction of sp³-hybridized carbons (Fsp3) is 0.864. The van der Waals surface area contributed by atoms with Gasteiger partial charge >= 0.3 is 17.9 Å². The van der Waals surface area contributed by atoms with Gasteiger partial charge in [0, 0.05) is 20.8 Å². The Bertz CT molecular complexity index is 618. The number of rotatable bonds is 6. The van der Waals surface area contributed by atoms with Gasteiger partial charge in [0.1, 0.15) is 18.8 Å². The maximum Gasteiger partial charge on any atom is 0.303 e. The highest BCUT2D eigenvalue weighted by molar-refractivity contribution is 5.67. The SMILES string of the molecule is CC(=O)OC[C@H]1O[C@H](O)[C@H](C2CC(C)CCC2C(C)C)[C@@H](OC(C)=O)[C@@H]1OC(C)=O. The summed E-state index contributed by atoms with van der Waals surface area (Å²) < 4.78 is 22.0. The summed E-state index contributed by atoms with van der Waals surface area (Å²) in [5.41, 5.74) is 0. The van der Waals surface area contributed by atoms with Gasteiger partial charge in [-0.25, -0.2) is 0 Å². The molecule has 1 saturated carbocycles. The molecule has 1 saturated heterocycles. The number of ether oxygens (including phenoxy) is 4. The molecule has 8 atom stereocenters. The van der Waals surface area contributed by atoms with Gasteiger partial charge in [-0.15, -0.1) is 0 Å². The molecule has 2 aliphatic rings. The van der Waals surface area contributed by atoms with Crippen LogP contribution in [0.15, 0.2) is 0 Å². The van der Waals surface area contributed by atoms with Gasteiger partial charge in [0.25, 0.3) is 0 Å². The zero-order valence-electron chi connectivity index (χ0n) is 18.8.